The van der Waals surface area contributed by atoms with E-state index < -0.39 is 0 Å². The second kappa shape index (κ2) is 4.67. The zero-order valence-corrected chi connectivity index (χ0v) is 8.01. The summed E-state index contributed by atoms with van der Waals surface area (Å²) in [5, 5.41) is 2.81. The van der Waals surface area contributed by atoms with Crippen molar-refractivity contribution >= 4 is 23.6 Å². The lowest BCUT2D eigenvalue weighted by Crippen LogP contribution is -2.15. The van der Waals surface area contributed by atoms with E-state index in [0.29, 0.717) is 5.16 Å². The van der Waals surface area contributed by atoms with Crippen LogP contribution in [0.2, 0.25) is 0 Å². The van der Waals surface area contributed by atoms with E-state index in [-0.39, 0.29) is 5.91 Å². The number of hydrogen-bond acceptors (Lipinski definition) is 1. The smallest absolute Gasteiger partial charge is 0.221 e. The molecule has 1 N–H and O–H groups in total. The lowest BCUT2D eigenvalue weighted by molar-refractivity contribution is -0.118. The minimum absolute atomic E-state index is 0.169. The number of halogens is 1. The van der Waals surface area contributed by atoms with Crippen LogP contribution >= 0.6 is 11.6 Å². The lowest BCUT2D eigenvalue weighted by atomic mass is 10.2. The molecule has 0 fully saturated rings. The summed E-state index contributed by atoms with van der Waals surface area (Å²) in [6.45, 7) is 1.42. The summed E-state index contributed by atoms with van der Waals surface area (Å²) in [6, 6.07) is 9.55. The number of hydrogen-bond donors (Lipinski definition) is 1. The minimum atomic E-state index is -0.169. The highest BCUT2D eigenvalue weighted by Crippen LogP contribution is 2.06. The molecule has 0 unspecified atom stereocenters. The lowest BCUT2D eigenvalue weighted by Gasteiger charge is -1.98. The fourth-order valence-electron chi connectivity index (χ4n) is 0.900. The molecular weight excluding hydrogens is 186 g/mol. The maximum atomic E-state index is 10.6. The molecular formula is C10H10ClNO. The van der Waals surface area contributed by atoms with Gasteiger partial charge in [0.2, 0.25) is 5.91 Å². The van der Waals surface area contributed by atoms with Gasteiger partial charge in [-0.25, -0.2) is 0 Å². The van der Waals surface area contributed by atoms with Crippen molar-refractivity contribution in [3.05, 3.63) is 41.1 Å². The number of benzene rings is 1. The van der Waals surface area contributed by atoms with Crippen molar-refractivity contribution in [2.75, 3.05) is 0 Å². The van der Waals surface area contributed by atoms with E-state index in [0.717, 1.165) is 5.56 Å². The molecule has 1 amide bonds. The van der Waals surface area contributed by atoms with Crippen LogP contribution in [0.1, 0.15) is 12.5 Å². The molecule has 0 spiro atoms. The van der Waals surface area contributed by atoms with E-state index >= 15 is 0 Å². The monoisotopic (exact) mass is 195 g/mol. The second-order valence-corrected chi connectivity index (χ2v) is 2.99. The van der Waals surface area contributed by atoms with Crippen LogP contribution < -0.4 is 5.32 Å². The maximum Gasteiger partial charge on any atom is 0.221 e. The second-order valence-electron chi connectivity index (χ2n) is 2.58. The first-order valence-corrected chi connectivity index (χ1v) is 4.26. The number of carbonyl (C=O) groups is 1. The predicted molar refractivity (Wildman–Crippen MR) is 54.1 cm³/mol. The third-order valence-corrected chi connectivity index (χ3v) is 1.59. The highest BCUT2D eigenvalue weighted by molar-refractivity contribution is 6.32. The first-order chi connectivity index (χ1) is 6.18. The molecule has 0 saturated carbocycles. The summed E-state index contributed by atoms with van der Waals surface area (Å²) >= 11 is 5.74. The first-order valence-electron chi connectivity index (χ1n) is 3.88. The zero-order valence-electron chi connectivity index (χ0n) is 7.25. The molecule has 0 saturated heterocycles. The Kier molecular flexibility index (Phi) is 3.53. The molecule has 1 aromatic carbocycles. The Hall–Kier alpha value is -1.28. The predicted octanol–water partition coefficient (Wildman–Crippen LogP) is 2.36. The maximum absolute atomic E-state index is 10.6. The standard InChI is InChI=1S/C10H10ClNO/c1-8(13)12-10(11)7-9-5-3-2-4-6-9/h2-7H,1H3,(H,12,13). The summed E-state index contributed by atoms with van der Waals surface area (Å²) in [7, 11) is 0. The van der Waals surface area contributed by atoms with Crippen LogP contribution in [0.5, 0.6) is 0 Å². The topological polar surface area (TPSA) is 29.1 Å². The Balaban J connectivity index is 2.71. The fraction of sp³-hybridized carbons (Fsp3) is 0.100. The van der Waals surface area contributed by atoms with Gasteiger partial charge >= 0.3 is 0 Å². The van der Waals surface area contributed by atoms with E-state index in [9.17, 15) is 4.79 Å². The molecule has 0 bridgehead atoms. The van der Waals surface area contributed by atoms with E-state index in [4.69, 9.17) is 11.6 Å². The van der Waals surface area contributed by atoms with Gasteiger partial charge in [0.1, 0.15) is 5.16 Å². The van der Waals surface area contributed by atoms with Crippen LogP contribution in [-0.2, 0) is 4.79 Å². The van der Waals surface area contributed by atoms with E-state index in [1.165, 1.54) is 6.92 Å². The molecule has 1 rings (SSSR count). The van der Waals surface area contributed by atoms with Crippen LogP contribution in [0.4, 0.5) is 0 Å². The first kappa shape index (κ1) is 9.81. The van der Waals surface area contributed by atoms with Gasteiger partial charge in [0.15, 0.2) is 0 Å². The third kappa shape index (κ3) is 3.76. The van der Waals surface area contributed by atoms with Crippen molar-refractivity contribution < 1.29 is 4.79 Å². The quantitative estimate of drug-likeness (QED) is 0.722. The Morgan fingerprint density at radius 2 is 2.00 bits per heavy atom. The molecule has 2 nitrogen and oxygen atoms in total. The van der Waals surface area contributed by atoms with Gasteiger partial charge in [-0.1, -0.05) is 41.9 Å². The van der Waals surface area contributed by atoms with Gasteiger partial charge in [0, 0.05) is 6.92 Å². The van der Waals surface area contributed by atoms with Gasteiger partial charge in [0.05, 0.1) is 0 Å². The zero-order chi connectivity index (χ0) is 9.68. The van der Waals surface area contributed by atoms with Crippen LogP contribution in [0.25, 0.3) is 6.08 Å². The third-order valence-electron chi connectivity index (χ3n) is 1.39. The fourth-order valence-corrected chi connectivity index (χ4v) is 1.16. The van der Waals surface area contributed by atoms with Crippen molar-refractivity contribution in [1.82, 2.24) is 5.32 Å². The van der Waals surface area contributed by atoms with Gasteiger partial charge in [0.25, 0.3) is 0 Å². The van der Waals surface area contributed by atoms with Crippen LogP contribution in [0.15, 0.2) is 35.5 Å². The normalized spacial score (nSPS) is 11.1. The number of carbonyl (C=O) groups excluding carboxylic acids is 1. The Morgan fingerprint density at radius 1 is 1.38 bits per heavy atom. The van der Waals surface area contributed by atoms with Crippen molar-refractivity contribution in [3.63, 3.8) is 0 Å². The average Bonchev–Trinajstić information content (AvgIpc) is 2.04. The summed E-state index contributed by atoms with van der Waals surface area (Å²) in [4.78, 5) is 10.6. The van der Waals surface area contributed by atoms with Gasteiger partial charge < -0.3 is 5.32 Å². The number of rotatable bonds is 2. The van der Waals surface area contributed by atoms with Crippen LogP contribution in [0.3, 0.4) is 0 Å². The van der Waals surface area contributed by atoms with E-state index in [1.54, 1.807) is 6.08 Å². The van der Waals surface area contributed by atoms with Crippen molar-refractivity contribution in [2.24, 2.45) is 0 Å². The highest BCUT2D eigenvalue weighted by atomic mass is 35.5. The summed E-state index contributed by atoms with van der Waals surface area (Å²) in [5.41, 5.74) is 0.959. The number of amides is 1. The molecule has 0 atom stereocenters. The van der Waals surface area contributed by atoms with Gasteiger partial charge in [-0.2, -0.15) is 0 Å². The van der Waals surface area contributed by atoms with Crippen molar-refractivity contribution in [1.29, 1.82) is 0 Å². The molecule has 3 heteroatoms. The van der Waals surface area contributed by atoms with Gasteiger partial charge in [-0.15, -0.1) is 0 Å². The summed E-state index contributed by atoms with van der Waals surface area (Å²) < 4.78 is 0. The van der Waals surface area contributed by atoms with E-state index in [2.05, 4.69) is 5.32 Å². The van der Waals surface area contributed by atoms with Crippen LogP contribution in [-0.4, -0.2) is 5.91 Å². The van der Waals surface area contributed by atoms with Crippen molar-refractivity contribution in [3.8, 4) is 0 Å². The molecule has 0 aromatic heterocycles. The number of nitrogens with one attached hydrogen (secondary N) is 1. The molecule has 13 heavy (non-hydrogen) atoms. The highest BCUT2D eigenvalue weighted by Gasteiger charge is 1.94. The van der Waals surface area contributed by atoms with Gasteiger partial charge in [-0.05, 0) is 11.6 Å². The summed E-state index contributed by atoms with van der Waals surface area (Å²) in [5.74, 6) is -0.169. The average molecular weight is 196 g/mol. The van der Waals surface area contributed by atoms with Gasteiger partial charge in [-0.3, -0.25) is 4.79 Å². The molecule has 0 radical (unpaired) electrons. The Morgan fingerprint density at radius 3 is 2.54 bits per heavy atom. The minimum Gasteiger partial charge on any atom is -0.317 e. The molecule has 1 aromatic rings. The Labute approximate surface area is 82.2 Å². The van der Waals surface area contributed by atoms with E-state index in [1.807, 2.05) is 30.3 Å². The van der Waals surface area contributed by atoms with Crippen LogP contribution in [0, 0.1) is 0 Å². The molecule has 0 heterocycles. The molecule has 68 valence electrons. The largest absolute Gasteiger partial charge is 0.317 e. The SMILES string of the molecule is CC(=O)NC(Cl)=Cc1ccccc1. The molecule has 0 aliphatic carbocycles. The Bertz CT molecular complexity index is 319. The molecule has 0 aliphatic rings. The molecule has 0 aliphatic heterocycles. The summed E-state index contributed by atoms with van der Waals surface area (Å²) in [6.07, 6.45) is 1.70. The van der Waals surface area contributed by atoms with Crippen molar-refractivity contribution in [2.45, 2.75) is 6.92 Å².